The van der Waals surface area contributed by atoms with Gasteiger partial charge in [-0.15, -0.1) is 0 Å². The van der Waals surface area contributed by atoms with Gasteiger partial charge in [0.15, 0.2) is 0 Å². The van der Waals surface area contributed by atoms with Crippen molar-refractivity contribution in [3.05, 3.63) is 23.8 Å². The van der Waals surface area contributed by atoms with Crippen LogP contribution in [0.15, 0.2) is 18.2 Å². The molecule has 3 amide bonds. The number of benzene rings is 1. The molecule has 6 heteroatoms. The summed E-state index contributed by atoms with van der Waals surface area (Å²) in [7, 11) is 0. The Kier molecular flexibility index (Phi) is 5.50. The molecular weight excluding hydrogens is 286 g/mol. The van der Waals surface area contributed by atoms with Gasteiger partial charge in [0, 0.05) is 42.4 Å². The maximum atomic E-state index is 12.2. The van der Waals surface area contributed by atoms with Gasteiger partial charge in [-0.05, 0) is 24.6 Å². The lowest BCUT2D eigenvalue weighted by Gasteiger charge is -2.27. The van der Waals surface area contributed by atoms with E-state index in [-0.39, 0.29) is 11.9 Å². The molecule has 0 aliphatic carbocycles. The first-order valence-electron chi connectivity index (χ1n) is 7.14. The van der Waals surface area contributed by atoms with Crippen LogP contribution in [-0.4, -0.2) is 41.4 Å². The number of urea groups is 1. The molecular formula is C15H21N3O2S. The molecule has 0 spiro atoms. The topological polar surface area (TPSA) is 61.4 Å². The van der Waals surface area contributed by atoms with E-state index in [0.717, 1.165) is 35.8 Å². The van der Waals surface area contributed by atoms with Crippen molar-refractivity contribution in [1.82, 2.24) is 4.90 Å². The van der Waals surface area contributed by atoms with Crippen LogP contribution in [0.2, 0.25) is 0 Å². The van der Waals surface area contributed by atoms with Crippen molar-refractivity contribution >= 4 is 35.1 Å². The summed E-state index contributed by atoms with van der Waals surface area (Å²) in [6, 6.07) is 5.47. The van der Waals surface area contributed by atoms with E-state index >= 15 is 0 Å². The van der Waals surface area contributed by atoms with Crippen molar-refractivity contribution in [2.45, 2.75) is 20.3 Å². The van der Waals surface area contributed by atoms with E-state index < -0.39 is 0 Å². The lowest BCUT2D eigenvalue weighted by atomic mass is 10.1. The van der Waals surface area contributed by atoms with Crippen LogP contribution < -0.4 is 10.6 Å². The minimum absolute atomic E-state index is 0.0378. The minimum Gasteiger partial charge on any atom is -0.326 e. The fourth-order valence-corrected chi connectivity index (χ4v) is 2.95. The van der Waals surface area contributed by atoms with E-state index in [9.17, 15) is 9.59 Å². The third-order valence-corrected chi connectivity index (χ3v) is 4.32. The van der Waals surface area contributed by atoms with Crippen LogP contribution in [0.5, 0.6) is 0 Å². The molecule has 0 radical (unpaired) electrons. The lowest BCUT2D eigenvalue weighted by Crippen LogP contribution is -2.40. The zero-order chi connectivity index (χ0) is 15.2. The van der Waals surface area contributed by atoms with Gasteiger partial charge in [0.25, 0.3) is 0 Å². The maximum Gasteiger partial charge on any atom is 0.321 e. The average Bonchev–Trinajstić information content (AvgIpc) is 2.51. The number of amides is 3. The highest BCUT2D eigenvalue weighted by molar-refractivity contribution is 7.99. The van der Waals surface area contributed by atoms with Crippen molar-refractivity contribution < 1.29 is 9.59 Å². The molecule has 1 aliphatic rings. The smallest absolute Gasteiger partial charge is 0.321 e. The van der Waals surface area contributed by atoms with Crippen molar-refractivity contribution in [1.29, 1.82) is 0 Å². The predicted molar refractivity (Wildman–Crippen MR) is 88.0 cm³/mol. The third-order valence-electron chi connectivity index (χ3n) is 3.38. The second-order valence-electron chi connectivity index (χ2n) is 4.96. The van der Waals surface area contributed by atoms with E-state index in [1.165, 1.54) is 0 Å². The average molecular weight is 307 g/mol. The molecule has 1 aromatic rings. The molecule has 1 saturated heterocycles. The molecule has 0 unspecified atom stereocenters. The molecule has 0 saturated carbocycles. The fraction of sp³-hybridized carbons (Fsp3) is 0.467. The number of anilines is 2. The summed E-state index contributed by atoms with van der Waals surface area (Å²) < 4.78 is 0. The van der Waals surface area contributed by atoms with E-state index in [4.69, 9.17) is 0 Å². The van der Waals surface area contributed by atoms with Gasteiger partial charge in [0.1, 0.15) is 0 Å². The van der Waals surface area contributed by atoms with E-state index in [1.807, 2.05) is 35.7 Å². The summed E-state index contributed by atoms with van der Waals surface area (Å²) in [5.74, 6) is 1.93. The first kappa shape index (κ1) is 15.7. The summed E-state index contributed by atoms with van der Waals surface area (Å²) >= 11 is 1.87. The predicted octanol–water partition coefficient (Wildman–Crippen LogP) is 2.92. The number of hydrogen-bond donors (Lipinski definition) is 2. The second kappa shape index (κ2) is 7.36. The summed E-state index contributed by atoms with van der Waals surface area (Å²) in [5, 5.41) is 5.74. The Labute approximate surface area is 129 Å². The number of aryl methyl sites for hydroxylation is 1. The van der Waals surface area contributed by atoms with E-state index in [0.29, 0.717) is 12.1 Å². The first-order chi connectivity index (χ1) is 10.1. The lowest BCUT2D eigenvalue weighted by molar-refractivity contribution is -0.115. The van der Waals surface area contributed by atoms with Crippen molar-refractivity contribution in [3.63, 3.8) is 0 Å². The number of hydrogen-bond acceptors (Lipinski definition) is 3. The Morgan fingerprint density at radius 2 is 1.95 bits per heavy atom. The molecule has 2 N–H and O–H groups in total. The molecule has 114 valence electrons. The van der Waals surface area contributed by atoms with Crippen molar-refractivity contribution in [3.8, 4) is 0 Å². The molecule has 1 aromatic carbocycles. The zero-order valence-corrected chi connectivity index (χ0v) is 13.3. The molecule has 0 bridgehead atoms. The van der Waals surface area contributed by atoms with Crippen LogP contribution in [0.3, 0.4) is 0 Å². The zero-order valence-electron chi connectivity index (χ0n) is 12.4. The van der Waals surface area contributed by atoms with Gasteiger partial charge in [-0.25, -0.2) is 4.79 Å². The molecule has 0 atom stereocenters. The van der Waals surface area contributed by atoms with Crippen LogP contribution in [0.1, 0.15) is 18.9 Å². The first-order valence-corrected chi connectivity index (χ1v) is 8.30. The monoisotopic (exact) mass is 307 g/mol. The summed E-state index contributed by atoms with van der Waals surface area (Å²) in [6.07, 6.45) is 0.432. The standard InChI is InChI=1S/C15H21N3O2S/c1-3-14(19)16-12-5-4-11(2)13(10-12)17-15(20)18-6-8-21-9-7-18/h4-5,10H,3,6-9H2,1-2H3,(H,16,19)(H,17,20). The third kappa shape index (κ3) is 4.39. The van der Waals surface area contributed by atoms with Crippen LogP contribution >= 0.6 is 11.8 Å². The van der Waals surface area contributed by atoms with Crippen LogP contribution in [0.25, 0.3) is 0 Å². The Bertz CT molecular complexity index is 528. The van der Waals surface area contributed by atoms with E-state index in [1.54, 1.807) is 13.0 Å². The second-order valence-corrected chi connectivity index (χ2v) is 6.19. The number of carbonyl (C=O) groups excluding carboxylic acids is 2. The molecule has 2 rings (SSSR count). The summed E-state index contributed by atoms with van der Waals surface area (Å²) in [6.45, 7) is 5.30. The molecule has 1 heterocycles. The molecule has 21 heavy (non-hydrogen) atoms. The molecule has 1 fully saturated rings. The van der Waals surface area contributed by atoms with Gasteiger partial charge in [-0.3, -0.25) is 4.79 Å². The van der Waals surface area contributed by atoms with Crippen LogP contribution in [0.4, 0.5) is 16.2 Å². The normalized spacial score (nSPS) is 14.7. The highest BCUT2D eigenvalue weighted by Gasteiger charge is 2.17. The van der Waals surface area contributed by atoms with Crippen LogP contribution in [0, 0.1) is 6.92 Å². The number of rotatable bonds is 3. The number of nitrogens with zero attached hydrogens (tertiary/aromatic N) is 1. The number of carbonyl (C=O) groups is 2. The highest BCUT2D eigenvalue weighted by atomic mass is 32.2. The van der Waals surface area contributed by atoms with Gasteiger partial charge >= 0.3 is 6.03 Å². The van der Waals surface area contributed by atoms with Gasteiger partial charge in [0.05, 0.1) is 0 Å². The highest BCUT2D eigenvalue weighted by Crippen LogP contribution is 2.21. The summed E-state index contributed by atoms with van der Waals surface area (Å²) in [4.78, 5) is 25.5. The van der Waals surface area contributed by atoms with E-state index in [2.05, 4.69) is 10.6 Å². The minimum atomic E-state index is -0.0719. The largest absolute Gasteiger partial charge is 0.326 e. The van der Waals surface area contributed by atoms with Gasteiger partial charge in [-0.1, -0.05) is 13.0 Å². The Morgan fingerprint density at radius 1 is 1.24 bits per heavy atom. The Balaban J connectivity index is 2.05. The maximum absolute atomic E-state index is 12.2. The molecule has 1 aliphatic heterocycles. The Morgan fingerprint density at radius 3 is 2.62 bits per heavy atom. The Hall–Kier alpha value is -1.69. The van der Waals surface area contributed by atoms with Crippen LogP contribution in [-0.2, 0) is 4.79 Å². The van der Waals surface area contributed by atoms with Gasteiger partial charge < -0.3 is 15.5 Å². The summed E-state index contributed by atoms with van der Waals surface area (Å²) in [5.41, 5.74) is 2.42. The quantitative estimate of drug-likeness (QED) is 0.902. The fourth-order valence-electron chi connectivity index (χ4n) is 2.04. The van der Waals surface area contributed by atoms with Gasteiger partial charge in [-0.2, -0.15) is 11.8 Å². The van der Waals surface area contributed by atoms with Crippen molar-refractivity contribution in [2.75, 3.05) is 35.2 Å². The molecule has 0 aromatic heterocycles. The molecule has 5 nitrogen and oxygen atoms in total. The van der Waals surface area contributed by atoms with Crippen molar-refractivity contribution in [2.24, 2.45) is 0 Å². The SMILES string of the molecule is CCC(=O)Nc1ccc(C)c(NC(=O)N2CCSCC2)c1. The van der Waals surface area contributed by atoms with Gasteiger partial charge in [0.2, 0.25) is 5.91 Å². The number of nitrogens with one attached hydrogen (secondary N) is 2. The number of thioether (sulfide) groups is 1.